The fraction of sp³-hybridized carbons (Fsp3) is 0.462. The molecule has 4 nitrogen and oxygen atoms in total. The Bertz CT molecular complexity index is 386. The molecule has 5 heteroatoms. The molecule has 1 aromatic carbocycles. The van der Waals surface area contributed by atoms with E-state index in [1.807, 2.05) is 24.3 Å². The van der Waals surface area contributed by atoms with Crippen molar-refractivity contribution < 1.29 is 5.11 Å². The molecular formula is C13H20ClN3O. The highest BCUT2D eigenvalue weighted by atomic mass is 35.5. The van der Waals surface area contributed by atoms with Crippen LogP contribution in [0, 0.1) is 11.3 Å². The van der Waals surface area contributed by atoms with Gasteiger partial charge in [0.1, 0.15) is 5.84 Å². The molecule has 0 bridgehead atoms. The van der Waals surface area contributed by atoms with Gasteiger partial charge < -0.3 is 15.7 Å². The SMILES string of the molecule is Cl.N=C(N)c1ccc(N2CCC(CO)CC2)cc1. The van der Waals surface area contributed by atoms with E-state index >= 15 is 0 Å². The van der Waals surface area contributed by atoms with Crippen molar-refractivity contribution in [3.8, 4) is 0 Å². The predicted molar refractivity (Wildman–Crippen MR) is 76.7 cm³/mol. The van der Waals surface area contributed by atoms with Gasteiger partial charge in [-0.1, -0.05) is 0 Å². The van der Waals surface area contributed by atoms with Crippen molar-refractivity contribution in [1.29, 1.82) is 5.41 Å². The van der Waals surface area contributed by atoms with Crippen LogP contribution in [0.2, 0.25) is 0 Å². The standard InChI is InChI=1S/C13H19N3O.ClH/c14-13(15)11-1-3-12(4-2-11)16-7-5-10(9-17)6-8-16;/h1-4,10,17H,5-9H2,(H3,14,15);1H. The Morgan fingerprint density at radius 3 is 2.28 bits per heavy atom. The summed E-state index contributed by atoms with van der Waals surface area (Å²) in [4.78, 5) is 2.32. The molecule has 4 N–H and O–H groups in total. The van der Waals surface area contributed by atoms with Crippen molar-refractivity contribution in [1.82, 2.24) is 0 Å². The summed E-state index contributed by atoms with van der Waals surface area (Å²) in [6.07, 6.45) is 2.09. The molecular weight excluding hydrogens is 250 g/mol. The van der Waals surface area contributed by atoms with Crippen molar-refractivity contribution in [2.24, 2.45) is 11.7 Å². The molecule has 1 heterocycles. The first-order chi connectivity index (χ1) is 8.20. The molecule has 1 aliphatic heterocycles. The van der Waals surface area contributed by atoms with E-state index in [0.29, 0.717) is 12.5 Å². The lowest BCUT2D eigenvalue weighted by molar-refractivity contribution is 0.203. The van der Waals surface area contributed by atoms with Gasteiger partial charge in [-0.05, 0) is 43.0 Å². The molecule has 100 valence electrons. The number of aliphatic hydroxyl groups excluding tert-OH is 1. The summed E-state index contributed by atoms with van der Waals surface area (Å²) in [5, 5.41) is 16.4. The maximum absolute atomic E-state index is 9.09. The highest BCUT2D eigenvalue weighted by Gasteiger charge is 2.18. The van der Waals surface area contributed by atoms with E-state index in [1.165, 1.54) is 5.69 Å². The summed E-state index contributed by atoms with van der Waals surface area (Å²) in [6.45, 7) is 2.28. The van der Waals surface area contributed by atoms with Gasteiger partial charge in [0.25, 0.3) is 0 Å². The number of anilines is 1. The topological polar surface area (TPSA) is 73.3 Å². The minimum Gasteiger partial charge on any atom is -0.396 e. The smallest absolute Gasteiger partial charge is 0.122 e. The molecule has 0 spiro atoms. The van der Waals surface area contributed by atoms with Crippen LogP contribution in [0.4, 0.5) is 5.69 Å². The second kappa shape index (κ2) is 6.61. The number of nitrogens with two attached hydrogens (primary N) is 1. The largest absolute Gasteiger partial charge is 0.396 e. The lowest BCUT2D eigenvalue weighted by Gasteiger charge is -2.32. The van der Waals surface area contributed by atoms with Crippen LogP contribution in [0.5, 0.6) is 0 Å². The Kier molecular flexibility index (Phi) is 5.44. The van der Waals surface area contributed by atoms with E-state index < -0.39 is 0 Å². The minimum atomic E-state index is 0. The zero-order valence-electron chi connectivity index (χ0n) is 10.3. The van der Waals surface area contributed by atoms with Gasteiger partial charge in [0, 0.05) is 30.9 Å². The summed E-state index contributed by atoms with van der Waals surface area (Å²) < 4.78 is 0. The van der Waals surface area contributed by atoms with Gasteiger partial charge >= 0.3 is 0 Å². The van der Waals surface area contributed by atoms with Crippen molar-refractivity contribution in [2.75, 3.05) is 24.6 Å². The maximum Gasteiger partial charge on any atom is 0.122 e. The second-order valence-corrected chi connectivity index (χ2v) is 4.57. The van der Waals surface area contributed by atoms with Crippen molar-refractivity contribution >= 4 is 23.9 Å². The number of hydrogen-bond acceptors (Lipinski definition) is 3. The molecule has 0 aliphatic carbocycles. The van der Waals surface area contributed by atoms with Crippen molar-refractivity contribution in [3.63, 3.8) is 0 Å². The maximum atomic E-state index is 9.09. The summed E-state index contributed by atoms with van der Waals surface area (Å²) in [7, 11) is 0. The van der Waals surface area contributed by atoms with Crippen LogP contribution in [0.15, 0.2) is 24.3 Å². The van der Waals surface area contributed by atoms with E-state index in [2.05, 4.69) is 4.90 Å². The van der Waals surface area contributed by atoms with Crippen molar-refractivity contribution in [3.05, 3.63) is 29.8 Å². The molecule has 0 atom stereocenters. The average Bonchev–Trinajstić information content (AvgIpc) is 2.39. The number of nitrogens with zero attached hydrogens (tertiary/aromatic N) is 1. The van der Waals surface area contributed by atoms with Gasteiger partial charge in [-0.15, -0.1) is 12.4 Å². The van der Waals surface area contributed by atoms with E-state index in [4.69, 9.17) is 16.2 Å². The van der Waals surface area contributed by atoms with Crippen LogP contribution in [0.1, 0.15) is 18.4 Å². The van der Waals surface area contributed by atoms with Crippen LogP contribution in [-0.2, 0) is 0 Å². The zero-order chi connectivity index (χ0) is 12.3. The lowest BCUT2D eigenvalue weighted by atomic mass is 9.97. The molecule has 2 rings (SSSR count). The van der Waals surface area contributed by atoms with E-state index in [0.717, 1.165) is 31.5 Å². The molecule has 0 saturated carbocycles. The number of nitrogen functional groups attached to an aromatic ring is 1. The fourth-order valence-electron chi connectivity index (χ4n) is 2.23. The average molecular weight is 270 g/mol. The summed E-state index contributed by atoms with van der Waals surface area (Å²) in [6, 6.07) is 7.79. The highest BCUT2D eigenvalue weighted by Crippen LogP contribution is 2.23. The van der Waals surface area contributed by atoms with Crippen LogP contribution < -0.4 is 10.6 Å². The third-order valence-electron chi connectivity index (χ3n) is 3.42. The molecule has 1 fully saturated rings. The molecule has 0 unspecified atom stereocenters. The van der Waals surface area contributed by atoms with Crippen LogP contribution in [0.25, 0.3) is 0 Å². The van der Waals surface area contributed by atoms with Crippen LogP contribution in [-0.4, -0.2) is 30.6 Å². The van der Waals surface area contributed by atoms with E-state index in [-0.39, 0.29) is 18.2 Å². The van der Waals surface area contributed by atoms with Gasteiger partial charge in [0.05, 0.1) is 0 Å². The van der Waals surface area contributed by atoms with Gasteiger partial charge in [0.15, 0.2) is 0 Å². The zero-order valence-corrected chi connectivity index (χ0v) is 11.1. The Labute approximate surface area is 114 Å². The van der Waals surface area contributed by atoms with Crippen LogP contribution in [0.3, 0.4) is 0 Å². The second-order valence-electron chi connectivity index (χ2n) is 4.57. The first-order valence-corrected chi connectivity index (χ1v) is 6.01. The number of piperidine rings is 1. The summed E-state index contributed by atoms with van der Waals surface area (Å²) >= 11 is 0. The Morgan fingerprint density at radius 2 is 1.83 bits per heavy atom. The fourth-order valence-corrected chi connectivity index (χ4v) is 2.23. The van der Waals surface area contributed by atoms with Gasteiger partial charge in [-0.2, -0.15) is 0 Å². The van der Waals surface area contributed by atoms with Gasteiger partial charge in [0.2, 0.25) is 0 Å². The number of nitrogens with one attached hydrogen (secondary N) is 1. The number of halogens is 1. The quantitative estimate of drug-likeness (QED) is 0.576. The number of amidine groups is 1. The first-order valence-electron chi connectivity index (χ1n) is 6.01. The van der Waals surface area contributed by atoms with Gasteiger partial charge in [-0.3, -0.25) is 5.41 Å². The number of hydrogen-bond donors (Lipinski definition) is 3. The third kappa shape index (κ3) is 3.37. The number of benzene rings is 1. The summed E-state index contributed by atoms with van der Waals surface area (Å²) in [5.41, 5.74) is 7.36. The monoisotopic (exact) mass is 269 g/mol. The minimum absolute atomic E-state index is 0. The summed E-state index contributed by atoms with van der Waals surface area (Å²) in [5.74, 6) is 0.568. The Hall–Kier alpha value is -1.26. The predicted octanol–water partition coefficient (Wildman–Crippen LogP) is 1.60. The molecule has 1 aromatic rings. The molecule has 0 aromatic heterocycles. The number of rotatable bonds is 3. The van der Waals surface area contributed by atoms with Crippen LogP contribution >= 0.6 is 12.4 Å². The first kappa shape index (κ1) is 14.8. The molecule has 0 amide bonds. The number of aliphatic hydroxyl groups is 1. The molecule has 1 aliphatic rings. The third-order valence-corrected chi connectivity index (χ3v) is 3.42. The Balaban J connectivity index is 0.00000162. The lowest BCUT2D eigenvalue weighted by Crippen LogP contribution is -2.34. The normalized spacial score (nSPS) is 16.2. The molecule has 0 radical (unpaired) electrons. The molecule has 18 heavy (non-hydrogen) atoms. The molecule has 1 saturated heterocycles. The highest BCUT2D eigenvalue weighted by molar-refractivity contribution is 5.95. The van der Waals surface area contributed by atoms with Gasteiger partial charge in [-0.25, -0.2) is 0 Å². The van der Waals surface area contributed by atoms with Crippen molar-refractivity contribution in [2.45, 2.75) is 12.8 Å². The van der Waals surface area contributed by atoms with E-state index in [1.54, 1.807) is 0 Å². The Morgan fingerprint density at radius 1 is 1.28 bits per heavy atom. The van der Waals surface area contributed by atoms with E-state index in [9.17, 15) is 0 Å².